The van der Waals surface area contributed by atoms with Gasteiger partial charge in [-0.25, -0.2) is 9.18 Å². The van der Waals surface area contributed by atoms with Gasteiger partial charge in [0.1, 0.15) is 12.4 Å². The van der Waals surface area contributed by atoms with Crippen LogP contribution in [0, 0.1) is 23.1 Å². The number of Topliss-reactive ketones (excluding diaryl/α,β-unsaturated/α-hetero) is 1. The number of nitriles is 1. The third-order valence-corrected chi connectivity index (χ3v) is 7.80. The summed E-state index contributed by atoms with van der Waals surface area (Å²) in [6.45, 7) is 0.836. The molecule has 2 bridgehead atoms. The van der Waals surface area contributed by atoms with E-state index in [9.17, 15) is 14.0 Å². The minimum Gasteiger partial charge on any atom is -0.448 e. The lowest BCUT2D eigenvalue weighted by atomic mass is 9.80. The number of hydrogen-bond acceptors (Lipinski definition) is 5. The molecular formula is C30H25FN2O4. The summed E-state index contributed by atoms with van der Waals surface area (Å²) < 4.78 is 26.1. The summed E-state index contributed by atoms with van der Waals surface area (Å²) in [5.74, 6) is -1.46. The van der Waals surface area contributed by atoms with E-state index in [4.69, 9.17) is 14.7 Å². The number of fused-ring (bicyclic) bond motifs is 5. The Morgan fingerprint density at radius 3 is 2.19 bits per heavy atom. The molecule has 2 fully saturated rings. The van der Waals surface area contributed by atoms with Crippen LogP contribution in [0.3, 0.4) is 0 Å². The first kappa shape index (κ1) is 23.4. The quantitative estimate of drug-likeness (QED) is 0.458. The highest BCUT2D eigenvalue weighted by Gasteiger charge is 2.45. The summed E-state index contributed by atoms with van der Waals surface area (Å²) in [5.41, 5.74) is 4.78. The molecule has 3 aromatic carbocycles. The van der Waals surface area contributed by atoms with Gasteiger partial charge in [-0.15, -0.1) is 0 Å². The van der Waals surface area contributed by atoms with E-state index in [1.54, 1.807) is 4.90 Å². The number of nitrogens with zero attached hydrogens (tertiary/aromatic N) is 2. The van der Waals surface area contributed by atoms with E-state index < -0.39 is 17.8 Å². The monoisotopic (exact) mass is 496 g/mol. The Labute approximate surface area is 214 Å². The molecule has 2 unspecified atom stereocenters. The molecule has 3 aromatic rings. The number of rotatable bonds is 4. The first-order valence-electron chi connectivity index (χ1n) is 12.5. The van der Waals surface area contributed by atoms with E-state index in [0.29, 0.717) is 26.1 Å². The van der Waals surface area contributed by atoms with Crippen molar-refractivity contribution in [2.45, 2.75) is 30.8 Å². The number of ether oxygens (including phenoxy) is 2. The van der Waals surface area contributed by atoms with Crippen LogP contribution >= 0.6 is 0 Å². The average Bonchev–Trinajstić information content (AvgIpc) is 3.24. The molecule has 186 valence electrons. The largest absolute Gasteiger partial charge is 0.448 e. The van der Waals surface area contributed by atoms with Gasteiger partial charge in [0.2, 0.25) is 0 Å². The Bertz CT molecular complexity index is 1370. The van der Waals surface area contributed by atoms with Gasteiger partial charge >= 0.3 is 6.09 Å². The Kier molecular flexibility index (Phi) is 5.97. The second kappa shape index (κ2) is 9.45. The standard InChI is InChI=1S/C30H25FN2O4/c31-28-11-18(14-32)9-10-26(28)29(34)19-12-20-15-36-16-21(13-19)33(20)30(35)37-17-27-24-7-3-1-5-22(24)23-6-2-4-8-25(23)27/h1-11,19-21,27H,12-13,15-17H2. The highest BCUT2D eigenvalue weighted by Crippen LogP contribution is 2.44. The van der Waals surface area contributed by atoms with Crippen molar-refractivity contribution in [1.29, 1.82) is 5.26 Å². The van der Waals surface area contributed by atoms with Gasteiger partial charge in [0.15, 0.2) is 5.78 Å². The SMILES string of the molecule is N#Cc1ccc(C(=O)C2CC3COCC(C2)N3C(=O)OCC2c3ccccc3-c3ccccc32)c(F)c1. The molecule has 7 heteroatoms. The van der Waals surface area contributed by atoms with Gasteiger partial charge in [0.25, 0.3) is 0 Å². The van der Waals surface area contributed by atoms with Crippen LogP contribution in [0.2, 0.25) is 0 Å². The van der Waals surface area contributed by atoms with Crippen LogP contribution in [0.5, 0.6) is 0 Å². The average molecular weight is 497 g/mol. The molecule has 2 aliphatic heterocycles. The predicted octanol–water partition coefficient (Wildman–Crippen LogP) is 5.31. The van der Waals surface area contributed by atoms with Gasteiger partial charge in [0, 0.05) is 11.8 Å². The maximum atomic E-state index is 14.5. The van der Waals surface area contributed by atoms with Crippen molar-refractivity contribution in [1.82, 2.24) is 4.90 Å². The van der Waals surface area contributed by atoms with E-state index >= 15 is 0 Å². The zero-order valence-corrected chi connectivity index (χ0v) is 20.1. The number of benzene rings is 3. The fraction of sp³-hybridized carbons (Fsp3) is 0.300. The molecule has 37 heavy (non-hydrogen) atoms. The van der Waals surface area contributed by atoms with Crippen molar-refractivity contribution >= 4 is 11.9 Å². The van der Waals surface area contributed by atoms with Crippen LogP contribution in [-0.2, 0) is 9.47 Å². The summed E-state index contributed by atoms with van der Waals surface area (Å²) in [5, 5.41) is 8.98. The van der Waals surface area contributed by atoms with Crippen molar-refractivity contribution in [3.8, 4) is 17.2 Å². The molecule has 0 spiro atoms. The maximum absolute atomic E-state index is 14.5. The number of hydrogen-bond donors (Lipinski definition) is 0. The highest BCUT2D eigenvalue weighted by atomic mass is 19.1. The summed E-state index contributed by atoms with van der Waals surface area (Å²) >= 11 is 0. The molecule has 2 heterocycles. The van der Waals surface area contributed by atoms with Gasteiger partial charge in [-0.2, -0.15) is 5.26 Å². The number of amides is 1. The van der Waals surface area contributed by atoms with Crippen LogP contribution in [0.1, 0.15) is 45.8 Å². The van der Waals surface area contributed by atoms with E-state index in [1.165, 1.54) is 23.3 Å². The minimum atomic E-state index is -0.690. The topological polar surface area (TPSA) is 79.6 Å². The molecule has 2 saturated heterocycles. The summed E-state index contributed by atoms with van der Waals surface area (Å²) in [7, 11) is 0. The second-order valence-corrected chi connectivity index (χ2v) is 9.90. The van der Waals surface area contributed by atoms with Crippen LogP contribution in [0.25, 0.3) is 11.1 Å². The molecule has 0 saturated carbocycles. The first-order chi connectivity index (χ1) is 18.0. The first-order valence-corrected chi connectivity index (χ1v) is 12.5. The summed E-state index contributed by atoms with van der Waals surface area (Å²) in [6.07, 6.45) is 0.341. The third-order valence-electron chi connectivity index (χ3n) is 7.80. The molecule has 1 amide bonds. The van der Waals surface area contributed by atoms with Crippen molar-refractivity contribution < 1.29 is 23.5 Å². The number of halogens is 1. The zero-order valence-electron chi connectivity index (χ0n) is 20.1. The van der Waals surface area contributed by atoms with Crippen molar-refractivity contribution in [3.63, 3.8) is 0 Å². The minimum absolute atomic E-state index is 0.0161. The molecule has 6 rings (SSSR count). The Morgan fingerprint density at radius 1 is 0.973 bits per heavy atom. The number of carbonyl (C=O) groups is 2. The molecular weight excluding hydrogens is 471 g/mol. The molecule has 3 aliphatic rings. The van der Waals surface area contributed by atoms with Gasteiger partial charge in [-0.1, -0.05) is 48.5 Å². The summed E-state index contributed by atoms with van der Waals surface area (Å²) in [4.78, 5) is 28.2. The fourth-order valence-corrected chi connectivity index (χ4v) is 6.10. The lowest BCUT2D eigenvalue weighted by molar-refractivity contribution is -0.0748. The van der Waals surface area contributed by atoms with Crippen LogP contribution in [0.4, 0.5) is 9.18 Å². The molecule has 0 aromatic heterocycles. The maximum Gasteiger partial charge on any atom is 0.410 e. The van der Waals surface area contributed by atoms with Gasteiger partial charge in [0.05, 0.1) is 42.5 Å². The van der Waals surface area contributed by atoms with Gasteiger partial charge in [-0.3, -0.25) is 9.69 Å². The normalized spacial score (nSPS) is 22.1. The number of ketones is 1. The van der Waals surface area contributed by atoms with Crippen molar-refractivity contribution in [2.24, 2.45) is 5.92 Å². The molecule has 0 radical (unpaired) electrons. The molecule has 2 atom stereocenters. The van der Waals surface area contributed by atoms with Gasteiger partial charge < -0.3 is 9.47 Å². The Balaban J connectivity index is 1.16. The fourth-order valence-electron chi connectivity index (χ4n) is 6.10. The number of morpholine rings is 1. The van der Waals surface area contributed by atoms with Gasteiger partial charge in [-0.05, 0) is 53.3 Å². The lowest BCUT2D eigenvalue weighted by Crippen LogP contribution is -2.60. The molecule has 0 N–H and O–H groups in total. The molecule has 1 aliphatic carbocycles. The predicted molar refractivity (Wildman–Crippen MR) is 133 cm³/mol. The van der Waals surface area contributed by atoms with E-state index in [1.807, 2.05) is 30.3 Å². The van der Waals surface area contributed by atoms with Crippen molar-refractivity contribution in [2.75, 3.05) is 19.8 Å². The van der Waals surface area contributed by atoms with Crippen LogP contribution < -0.4 is 0 Å². The van der Waals surface area contributed by atoms with Crippen LogP contribution in [-0.4, -0.2) is 48.7 Å². The van der Waals surface area contributed by atoms with Crippen LogP contribution in [0.15, 0.2) is 66.7 Å². The number of carbonyl (C=O) groups excluding carboxylic acids is 2. The smallest absolute Gasteiger partial charge is 0.410 e. The van der Waals surface area contributed by atoms with Crippen molar-refractivity contribution in [3.05, 3.63) is 94.8 Å². The number of piperidine rings is 1. The molecule has 6 nitrogen and oxygen atoms in total. The summed E-state index contributed by atoms with van der Waals surface area (Å²) in [6, 6.07) is 21.5. The third kappa shape index (κ3) is 4.08. The second-order valence-electron chi connectivity index (χ2n) is 9.90. The van der Waals surface area contributed by atoms with E-state index in [0.717, 1.165) is 17.2 Å². The zero-order chi connectivity index (χ0) is 25.5. The Morgan fingerprint density at radius 2 is 1.59 bits per heavy atom. The van der Waals surface area contributed by atoms with E-state index in [-0.39, 0.29) is 41.5 Å². The highest BCUT2D eigenvalue weighted by molar-refractivity contribution is 5.98. The Hall–Kier alpha value is -4.02. The lowest BCUT2D eigenvalue weighted by Gasteiger charge is -2.47. The van der Waals surface area contributed by atoms with E-state index in [2.05, 4.69) is 24.3 Å².